The monoisotopic (exact) mass is 455 g/mol. The van der Waals surface area contributed by atoms with Crippen LogP contribution in [0.5, 0.6) is 17.2 Å². The molecule has 6 nitrogen and oxygen atoms in total. The zero-order valence-electron chi connectivity index (χ0n) is 18.6. The second kappa shape index (κ2) is 11.6. The van der Waals surface area contributed by atoms with E-state index in [2.05, 4.69) is 0 Å². The van der Waals surface area contributed by atoms with Gasteiger partial charge in [-0.05, 0) is 50.4 Å². The Hall–Kier alpha value is -2.94. The Morgan fingerprint density at radius 3 is 2.25 bits per heavy atom. The molecule has 0 saturated carbocycles. The summed E-state index contributed by atoms with van der Waals surface area (Å²) in [5.41, 5.74) is -0.0460. The molecule has 0 saturated heterocycles. The maximum absolute atomic E-state index is 12.9. The molecule has 176 valence electrons. The minimum atomic E-state index is -4.42. The van der Waals surface area contributed by atoms with Gasteiger partial charge in [-0.15, -0.1) is 0 Å². The van der Waals surface area contributed by atoms with Gasteiger partial charge in [0.15, 0.2) is 0 Å². The maximum Gasteiger partial charge on any atom is 0.416 e. The van der Waals surface area contributed by atoms with Gasteiger partial charge in [-0.25, -0.2) is 0 Å². The van der Waals surface area contributed by atoms with Crippen LogP contribution in [0.25, 0.3) is 0 Å². The lowest BCUT2D eigenvalue weighted by Gasteiger charge is -2.24. The minimum absolute atomic E-state index is 0.112. The standard InChI is InChI=1S/C23H28F3NO5/c1-5-31-22(28)15-27(2)13-12-20(19-11-10-18(29-3)14-21(19)30-4)32-17-8-6-16(7-9-17)23(24,25)26/h6-11,14,20H,5,12-13,15H2,1-4H3. The van der Waals surface area contributed by atoms with Gasteiger partial charge in [0.1, 0.15) is 23.4 Å². The van der Waals surface area contributed by atoms with Crippen LogP contribution in [-0.2, 0) is 15.7 Å². The van der Waals surface area contributed by atoms with Crippen molar-refractivity contribution in [2.75, 3.05) is 41.0 Å². The molecular weight excluding hydrogens is 427 g/mol. The highest BCUT2D eigenvalue weighted by Gasteiger charge is 2.30. The topological polar surface area (TPSA) is 57.2 Å². The number of carbonyl (C=O) groups excluding carboxylic acids is 1. The lowest BCUT2D eigenvalue weighted by molar-refractivity contribution is -0.144. The Labute approximate surface area is 185 Å². The van der Waals surface area contributed by atoms with Gasteiger partial charge < -0.3 is 18.9 Å². The second-order valence-corrected chi connectivity index (χ2v) is 7.07. The van der Waals surface area contributed by atoms with Crippen LogP contribution in [0.1, 0.15) is 30.6 Å². The van der Waals surface area contributed by atoms with Crippen molar-refractivity contribution in [3.8, 4) is 17.2 Å². The Balaban J connectivity index is 2.24. The van der Waals surface area contributed by atoms with E-state index in [9.17, 15) is 18.0 Å². The number of benzene rings is 2. The van der Waals surface area contributed by atoms with Crippen molar-refractivity contribution in [1.29, 1.82) is 0 Å². The van der Waals surface area contributed by atoms with Gasteiger partial charge in [-0.2, -0.15) is 13.2 Å². The van der Waals surface area contributed by atoms with Crippen LogP contribution in [0, 0.1) is 0 Å². The number of ether oxygens (including phenoxy) is 4. The third kappa shape index (κ3) is 7.33. The highest BCUT2D eigenvalue weighted by atomic mass is 19.4. The van der Waals surface area contributed by atoms with E-state index in [-0.39, 0.29) is 18.3 Å². The van der Waals surface area contributed by atoms with Crippen molar-refractivity contribution in [2.24, 2.45) is 0 Å². The van der Waals surface area contributed by atoms with Gasteiger partial charge in [0.25, 0.3) is 0 Å². The van der Waals surface area contributed by atoms with Crippen molar-refractivity contribution in [3.05, 3.63) is 53.6 Å². The molecule has 0 radical (unpaired) electrons. The molecule has 0 amide bonds. The van der Waals surface area contributed by atoms with Gasteiger partial charge in [0.2, 0.25) is 0 Å². The Bertz CT molecular complexity index is 871. The Morgan fingerprint density at radius 2 is 1.69 bits per heavy atom. The van der Waals surface area contributed by atoms with E-state index in [1.54, 1.807) is 37.1 Å². The number of rotatable bonds is 11. The van der Waals surface area contributed by atoms with Gasteiger partial charge in [0.05, 0.1) is 32.9 Å². The molecule has 0 fully saturated rings. The highest BCUT2D eigenvalue weighted by molar-refractivity contribution is 5.71. The molecule has 0 aliphatic heterocycles. The molecule has 0 spiro atoms. The SMILES string of the molecule is CCOC(=O)CN(C)CCC(Oc1ccc(C(F)(F)F)cc1)c1ccc(OC)cc1OC. The van der Waals surface area contributed by atoms with Gasteiger partial charge >= 0.3 is 12.1 Å². The predicted molar refractivity (Wildman–Crippen MR) is 113 cm³/mol. The van der Waals surface area contributed by atoms with Crippen molar-refractivity contribution >= 4 is 5.97 Å². The highest BCUT2D eigenvalue weighted by Crippen LogP contribution is 2.35. The van der Waals surface area contributed by atoms with Crippen LogP contribution >= 0.6 is 0 Å². The van der Waals surface area contributed by atoms with Crippen molar-refractivity contribution in [3.63, 3.8) is 0 Å². The molecule has 0 heterocycles. The molecular formula is C23H28F3NO5. The molecule has 0 aromatic heterocycles. The fourth-order valence-corrected chi connectivity index (χ4v) is 3.09. The van der Waals surface area contributed by atoms with Crippen molar-refractivity contribution in [2.45, 2.75) is 25.6 Å². The quantitative estimate of drug-likeness (QED) is 0.457. The zero-order chi connectivity index (χ0) is 23.7. The van der Waals surface area contributed by atoms with Crippen molar-refractivity contribution < 1.29 is 36.9 Å². The summed E-state index contributed by atoms with van der Waals surface area (Å²) in [4.78, 5) is 13.5. The summed E-state index contributed by atoms with van der Waals surface area (Å²) < 4.78 is 60.3. The number of carbonyl (C=O) groups is 1. The van der Waals surface area contributed by atoms with E-state index in [0.717, 1.165) is 12.1 Å². The van der Waals surface area contributed by atoms with E-state index in [1.807, 2.05) is 0 Å². The van der Waals surface area contributed by atoms with Crippen LogP contribution in [0.4, 0.5) is 13.2 Å². The van der Waals surface area contributed by atoms with E-state index in [1.165, 1.54) is 26.4 Å². The number of halogens is 3. The number of alkyl halides is 3. The van der Waals surface area contributed by atoms with Crippen LogP contribution in [0.2, 0.25) is 0 Å². The van der Waals surface area contributed by atoms with Gasteiger partial charge in [-0.1, -0.05) is 0 Å². The fraction of sp³-hybridized carbons (Fsp3) is 0.435. The number of hydrogen-bond donors (Lipinski definition) is 0. The third-order valence-corrected chi connectivity index (χ3v) is 4.72. The molecule has 9 heteroatoms. The number of nitrogens with zero attached hydrogens (tertiary/aromatic N) is 1. The van der Waals surface area contributed by atoms with Crippen LogP contribution in [-0.4, -0.2) is 51.8 Å². The number of esters is 1. The molecule has 0 aliphatic carbocycles. The fourth-order valence-electron chi connectivity index (χ4n) is 3.09. The Morgan fingerprint density at radius 1 is 1.03 bits per heavy atom. The summed E-state index contributed by atoms with van der Waals surface area (Å²) in [6.45, 7) is 2.62. The third-order valence-electron chi connectivity index (χ3n) is 4.72. The average molecular weight is 455 g/mol. The average Bonchev–Trinajstić information content (AvgIpc) is 2.76. The summed E-state index contributed by atoms with van der Waals surface area (Å²) in [6, 6.07) is 9.78. The molecule has 0 aliphatic rings. The predicted octanol–water partition coefficient (Wildman–Crippen LogP) is 4.73. The first-order valence-corrected chi connectivity index (χ1v) is 10.1. The molecule has 32 heavy (non-hydrogen) atoms. The first-order valence-electron chi connectivity index (χ1n) is 10.1. The second-order valence-electron chi connectivity index (χ2n) is 7.07. The molecule has 1 atom stereocenters. The number of hydrogen-bond acceptors (Lipinski definition) is 6. The van der Waals surface area contributed by atoms with Gasteiger partial charge in [0, 0.05) is 24.6 Å². The summed E-state index contributed by atoms with van der Waals surface area (Å²) in [7, 11) is 4.83. The molecule has 2 aromatic rings. The zero-order valence-corrected chi connectivity index (χ0v) is 18.6. The summed E-state index contributed by atoms with van der Waals surface area (Å²) in [5, 5.41) is 0. The summed E-state index contributed by atoms with van der Waals surface area (Å²) in [5.74, 6) is 1.07. The minimum Gasteiger partial charge on any atom is -0.497 e. The van der Waals surface area contributed by atoms with Gasteiger partial charge in [-0.3, -0.25) is 9.69 Å². The first-order chi connectivity index (χ1) is 15.2. The number of likely N-dealkylation sites (N-methyl/N-ethyl adjacent to an activating group) is 1. The summed E-state index contributed by atoms with van der Waals surface area (Å²) in [6.07, 6.45) is -4.52. The largest absolute Gasteiger partial charge is 0.497 e. The van der Waals surface area contributed by atoms with E-state index >= 15 is 0 Å². The Kier molecular flexibility index (Phi) is 9.19. The molecule has 0 bridgehead atoms. The first kappa shape index (κ1) is 25.3. The van der Waals surface area contributed by atoms with E-state index < -0.39 is 17.8 Å². The number of methoxy groups -OCH3 is 2. The molecule has 0 N–H and O–H groups in total. The molecule has 1 unspecified atom stereocenters. The maximum atomic E-state index is 12.9. The lowest BCUT2D eigenvalue weighted by Crippen LogP contribution is -2.29. The normalized spacial score (nSPS) is 12.4. The smallest absolute Gasteiger partial charge is 0.416 e. The van der Waals surface area contributed by atoms with Crippen LogP contribution < -0.4 is 14.2 Å². The van der Waals surface area contributed by atoms with Crippen LogP contribution in [0.3, 0.4) is 0 Å². The van der Waals surface area contributed by atoms with Crippen molar-refractivity contribution in [1.82, 2.24) is 4.90 Å². The molecule has 2 aromatic carbocycles. The lowest BCUT2D eigenvalue weighted by atomic mass is 10.0. The van der Waals surface area contributed by atoms with E-state index in [0.29, 0.717) is 36.6 Å². The van der Waals surface area contributed by atoms with E-state index in [4.69, 9.17) is 18.9 Å². The molecule has 2 rings (SSSR count). The van der Waals surface area contributed by atoms with Crippen LogP contribution in [0.15, 0.2) is 42.5 Å². The summed E-state index contributed by atoms with van der Waals surface area (Å²) >= 11 is 0.